The van der Waals surface area contributed by atoms with Crippen LogP contribution in [0.3, 0.4) is 0 Å². The summed E-state index contributed by atoms with van der Waals surface area (Å²) in [5.74, 6) is 1.62. The fraction of sp³-hybridized carbons (Fsp3) is 0.118. The molecular formula is C17H16N2O2S. The molecule has 0 atom stereocenters. The van der Waals surface area contributed by atoms with E-state index in [1.165, 1.54) is 11.3 Å². The van der Waals surface area contributed by atoms with Gasteiger partial charge in [-0.1, -0.05) is 18.2 Å². The highest BCUT2D eigenvalue weighted by atomic mass is 32.1. The Balaban J connectivity index is 2.06. The first-order chi connectivity index (χ1) is 10.7. The predicted molar refractivity (Wildman–Crippen MR) is 90.5 cm³/mol. The number of nitrogens with two attached hydrogens (primary N) is 1. The first kappa shape index (κ1) is 14.4. The molecule has 0 fully saturated rings. The number of nitrogens with zero attached hydrogens (tertiary/aromatic N) is 1. The van der Waals surface area contributed by atoms with E-state index in [0.29, 0.717) is 5.13 Å². The quantitative estimate of drug-likeness (QED) is 0.788. The first-order valence-corrected chi connectivity index (χ1v) is 7.63. The molecular weight excluding hydrogens is 296 g/mol. The molecule has 0 saturated carbocycles. The van der Waals surface area contributed by atoms with E-state index in [-0.39, 0.29) is 0 Å². The van der Waals surface area contributed by atoms with Crippen molar-refractivity contribution in [2.45, 2.75) is 0 Å². The molecule has 3 rings (SSSR count). The van der Waals surface area contributed by atoms with Crippen molar-refractivity contribution in [1.82, 2.24) is 4.98 Å². The number of aromatic nitrogens is 1. The van der Waals surface area contributed by atoms with E-state index in [2.05, 4.69) is 11.1 Å². The second-order valence-corrected chi connectivity index (χ2v) is 5.60. The van der Waals surface area contributed by atoms with Gasteiger partial charge in [-0.05, 0) is 35.4 Å². The van der Waals surface area contributed by atoms with Gasteiger partial charge in [0, 0.05) is 10.9 Å². The molecule has 0 unspecified atom stereocenters. The molecule has 1 heterocycles. The molecule has 3 aromatic rings. The SMILES string of the molecule is COc1ccc(-c2ccc(OC)c(-c3csc(N)n3)c2)cc1. The predicted octanol–water partition coefficient (Wildman–Crippen LogP) is 4.08. The van der Waals surface area contributed by atoms with Gasteiger partial charge in [-0.3, -0.25) is 0 Å². The minimum atomic E-state index is 0.548. The lowest BCUT2D eigenvalue weighted by Gasteiger charge is -2.10. The number of thiazole rings is 1. The van der Waals surface area contributed by atoms with Crippen LogP contribution in [0.25, 0.3) is 22.4 Å². The molecule has 0 spiro atoms. The fourth-order valence-corrected chi connectivity index (χ4v) is 2.85. The van der Waals surface area contributed by atoms with Gasteiger partial charge in [0.05, 0.1) is 19.9 Å². The van der Waals surface area contributed by atoms with Crippen LogP contribution in [0.2, 0.25) is 0 Å². The van der Waals surface area contributed by atoms with Crippen LogP contribution in [-0.2, 0) is 0 Å². The summed E-state index contributed by atoms with van der Waals surface area (Å²) in [7, 11) is 3.31. The minimum absolute atomic E-state index is 0.548. The Kier molecular flexibility index (Phi) is 3.98. The van der Waals surface area contributed by atoms with Gasteiger partial charge in [-0.15, -0.1) is 11.3 Å². The Bertz CT molecular complexity index is 782. The van der Waals surface area contributed by atoms with Gasteiger partial charge < -0.3 is 15.2 Å². The van der Waals surface area contributed by atoms with Gasteiger partial charge >= 0.3 is 0 Å². The highest BCUT2D eigenvalue weighted by molar-refractivity contribution is 7.13. The maximum atomic E-state index is 5.74. The molecule has 0 aliphatic carbocycles. The average molecular weight is 312 g/mol. The number of rotatable bonds is 4. The first-order valence-electron chi connectivity index (χ1n) is 6.75. The highest BCUT2D eigenvalue weighted by Crippen LogP contribution is 2.35. The minimum Gasteiger partial charge on any atom is -0.497 e. The molecule has 0 saturated heterocycles. The summed E-state index contributed by atoms with van der Waals surface area (Å²) in [5.41, 5.74) is 9.70. The van der Waals surface area contributed by atoms with E-state index >= 15 is 0 Å². The molecule has 1 aromatic heterocycles. The third-order valence-corrected chi connectivity index (χ3v) is 4.09. The molecule has 0 aliphatic heterocycles. The van der Waals surface area contributed by atoms with Crippen molar-refractivity contribution in [3.8, 4) is 33.9 Å². The summed E-state index contributed by atoms with van der Waals surface area (Å²) in [4.78, 5) is 4.35. The van der Waals surface area contributed by atoms with Gasteiger partial charge in [0.1, 0.15) is 11.5 Å². The van der Waals surface area contributed by atoms with Gasteiger partial charge in [0.2, 0.25) is 0 Å². The van der Waals surface area contributed by atoms with E-state index in [1.807, 2.05) is 41.8 Å². The normalized spacial score (nSPS) is 10.5. The summed E-state index contributed by atoms with van der Waals surface area (Å²) in [6, 6.07) is 14.0. The molecule has 112 valence electrons. The summed E-state index contributed by atoms with van der Waals surface area (Å²) in [5, 5.41) is 2.48. The zero-order valence-electron chi connectivity index (χ0n) is 12.4. The molecule has 2 aromatic carbocycles. The number of hydrogen-bond donors (Lipinski definition) is 1. The molecule has 2 N–H and O–H groups in total. The van der Waals surface area contributed by atoms with Crippen molar-refractivity contribution in [3.63, 3.8) is 0 Å². The lowest BCUT2D eigenvalue weighted by molar-refractivity contribution is 0.415. The maximum absolute atomic E-state index is 5.74. The Hall–Kier alpha value is -2.53. The molecule has 0 bridgehead atoms. The topological polar surface area (TPSA) is 57.4 Å². The monoisotopic (exact) mass is 312 g/mol. The van der Waals surface area contributed by atoms with Crippen LogP contribution >= 0.6 is 11.3 Å². The van der Waals surface area contributed by atoms with E-state index in [0.717, 1.165) is 33.9 Å². The maximum Gasteiger partial charge on any atom is 0.180 e. The highest BCUT2D eigenvalue weighted by Gasteiger charge is 2.11. The number of benzene rings is 2. The van der Waals surface area contributed by atoms with Crippen LogP contribution in [-0.4, -0.2) is 19.2 Å². The summed E-state index contributed by atoms with van der Waals surface area (Å²) < 4.78 is 10.6. The second kappa shape index (κ2) is 6.07. The van der Waals surface area contributed by atoms with E-state index in [9.17, 15) is 0 Å². The summed E-state index contributed by atoms with van der Waals surface area (Å²) in [6.07, 6.45) is 0. The van der Waals surface area contributed by atoms with Crippen LogP contribution in [0, 0.1) is 0 Å². The van der Waals surface area contributed by atoms with Crippen molar-refractivity contribution >= 4 is 16.5 Å². The van der Waals surface area contributed by atoms with Crippen LogP contribution in [0.5, 0.6) is 11.5 Å². The number of nitrogen functional groups attached to an aromatic ring is 1. The summed E-state index contributed by atoms with van der Waals surface area (Å²) >= 11 is 1.42. The van der Waals surface area contributed by atoms with E-state index in [4.69, 9.17) is 15.2 Å². The van der Waals surface area contributed by atoms with Gasteiger partial charge in [-0.2, -0.15) is 0 Å². The third kappa shape index (κ3) is 2.76. The Morgan fingerprint density at radius 1 is 0.955 bits per heavy atom. The Morgan fingerprint density at radius 3 is 2.27 bits per heavy atom. The van der Waals surface area contributed by atoms with Gasteiger partial charge in [0.15, 0.2) is 5.13 Å². The van der Waals surface area contributed by atoms with Crippen molar-refractivity contribution in [2.75, 3.05) is 20.0 Å². The van der Waals surface area contributed by atoms with Gasteiger partial charge in [0.25, 0.3) is 0 Å². The number of methoxy groups -OCH3 is 2. The lowest BCUT2D eigenvalue weighted by atomic mass is 10.0. The van der Waals surface area contributed by atoms with Gasteiger partial charge in [-0.25, -0.2) is 4.98 Å². The Morgan fingerprint density at radius 2 is 1.68 bits per heavy atom. The smallest absolute Gasteiger partial charge is 0.180 e. The fourth-order valence-electron chi connectivity index (χ4n) is 2.28. The van der Waals surface area contributed by atoms with Crippen molar-refractivity contribution < 1.29 is 9.47 Å². The molecule has 0 radical (unpaired) electrons. The zero-order chi connectivity index (χ0) is 15.5. The number of anilines is 1. The van der Waals surface area contributed by atoms with Crippen molar-refractivity contribution in [2.24, 2.45) is 0 Å². The van der Waals surface area contributed by atoms with E-state index in [1.54, 1.807) is 14.2 Å². The lowest BCUT2D eigenvalue weighted by Crippen LogP contribution is -1.90. The van der Waals surface area contributed by atoms with Crippen LogP contribution < -0.4 is 15.2 Å². The van der Waals surface area contributed by atoms with E-state index < -0.39 is 0 Å². The molecule has 5 heteroatoms. The number of ether oxygens (including phenoxy) is 2. The zero-order valence-corrected chi connectivity index (χ0v) is 13.2. The average Bonchev–Trinajstić information content (AvgIpc) is 3.00. The third-order valence-electron chi connectivity index (χ3n) is 3.42. The second-order valence-electron chi connectivity index (χ2n) is 4.71. The van der Waals surface area contributed by atoms with Crippen molar-refractivity contribution in [3.05, 3.63) is 47.8 Å². The molecule has 22 heavy (non-hydrogen) atoms. The molecule has 0 aliphatic rings. The molecule has 4 nitrogen and oxygen atoms in total. The van der Waals surface area contributed by atoms with Crippen LogP contribution in [0.15, 0.2) is 47.8 Å². The number of hydrogen-bond acceptors (Lipinski definition) is 5. The van der Waals surface area contributed by atoms with Crippen molar-refractivity contribution in [1.29, 1.82) is 0 Å². The van der Waals surface area contributed by atoms with Crippen LogP contribution in [0.1, 0.15) is 0 Å². The Labute approximate surface area is 133 Å². The molecule has 0 amide bonds. The largest absolute Gasteiger partial charge is 0.497 e. The summed E-state index contributed by atoms with van der Waals surface area (Å²) in [6.45, 7) is 0. The standard InChI is InChI=1S/C17H16N2O2S/c1-20-13-6-3-11(4-7-13)12-5-8-16(21-2)14(9-12)15-10-22-17(18)19-15/h3-10H,1-2H3,(H2,18,19). The van der Waals surface area contributed by atoms with Crippen LogP contribution in [0.4, 0.5) is 5.13 Å².